The Balaban J connectivity index is 1.49. The van der Waals surface area contributed by atoms with Gasteiger partial charge in [0, 0.05) is 0 Å². The number of nitrogens with one attached hydrogen (secondary N) is 1. The van der Waals surface area contributed by atoms with E-state index in [1.807, 2.05) is 30.3 Å². The second-order valence-electron chi connectivity index (χ2n) is 7.60. The fourth-order valence-corrected chi connectivity index (χ4v) is 4.35. The highest BCUT2D eigenvalue weighted by Gasteiger charge is 2.37. The topological polar surface area (TPSA) is 66.5 Å². The maximum atomic E-state index is 12.8. The van der Waals surface area contributed by atoms with Crippen molar-refractivity contribution >= 4 is 17.7 Å². The Hall–Kier alpha value is -2.95. The van der Waals surface area contributed by atoms with Crippen LogP contribution in [0.25, 0.3) is 0 Å². The predicted molar refractivity (Wildman–Crippen MR) is 106 cm³/mol. The van der Waals surface area contributed by atoms with Crippen LogP contribution in [-0.2, 0) is 4.79 Å². The number of benzene rings is 2. The van der Waals surface area contributed by atoms with E-state index in [0.717, 1.165) is 23.3 Å². The van der Waals surface area contributed by atoms with Gasteiger partial charge in [0.25, 0.3) is 11.8 Å². The zero-order valence-electron chi connectivity index (χ0n) is 15.8. The third-order valence-electron chi connectivity index (χ3n) is 5.78. The molecule has 5 nitrogen and oxygen atoms in total. The number of rotatable bonds is 5. The van der Waals surface area contributed by atoms with Crippen LogP contribution in [0.4, 0.5) is 0 Å². The third kappa shape index (κ3) is 3.57. The molecule has 0 aromatic heterocycles. The van der Waals surface area contributed by atoms with E-state index < -0.39 is 11.8 Å². The van der Waals surface area contributed by atoms with Crippen LogP contribution >= 0.6 is 0 Å². The Morgan fingerprint density at radius 2 is 1.46 bits per heavy atom. The van der Waals surface area contributed by atoms with Gasteiger partial charge in [0.2, 0.25) is 5.91 Å². The number of imide groups is 1. The summed E-state index contributed by atoms with van der Waals surface area (Å²) in [6.07, 6.45) is 5.73. The quantitative estimate of drug-likeness (QED) is 0.809. The molecule has 2 aromatic carbocycles. The van der Waals surface area contributed by atoms with Gasteiger partial charge in [0.05, 0.1) is 17.2 Å². The molecule has 144 valence electrons. The SMILES string of the molecule is O=C(CN1C(=O)c2ccccc2C1=O)NC(c1ccccc1)C1CCCCC1. The van der Waals surface area contributed by atoms with Gasteiger partial charge >= 0.3 is 0 Å². The van der Waals surface area contributed by atoms with Gasteiger partial charge in [-0.3, -0.25) is 19.3 Å². The zero-order chi connectivity index (χ0) is 19.5. The fraction of sp³-hybridized carbons (Fsp3) is 0.348. The number of fused-ring (bicyclic) bond motifs is 1. The Morgan fingerprint density at radius 3 is 2.07 bits per heavy atom. The number of amides is 3. The van der Waals surface area contributed by atoms with E-state index in [1.165, 1.54) is 19.3 Å². The summed E-state index contributed by atoms with van der Waals surface area (Å²) in [4.78, 5) is 38.9. The summed E-state index contributed by atoms with van der Waals surface area (Å²) in [6, 6.07) is 16.6. The van der Waals surface area contributed by atoms with Gasteiger partial charge in [-0.25, -0.2) is 0 Å². The maximum absolute atomic E-state index is 12.8. The molecule has 3 amide bonds. The molecule has 28 heavy (non-hydrogen) atoms. The smallest absolute Gasteiger partial charge is 0.262 e. The molecule has 5 heteroatoms. The molecular weight excluding hydrogens is 352 g/mol. The Morgan fingerprint density at radius 1 is 0.893 bits per heavy atom. The van der Waals surface area contributed by atoms with E-state index >= 15 is 0 Å². The molecule has 0 spiro atoms. The van der Waals surface area contributed by atoms with Crippen molar-refractivity contribution in [3.05, 3.63) is 71.3 Å². The highest BCUT2D eigenvalue weighted by Crippen LogP contribution is 2.34. The van der Waals surface area contributed by atoms with E-state index in [2.05, 4.69) is 5.32 Å². The summed E-state index contributed by atoms with van der Waals surface area (Å²) in [5, 5.41) is 3.11. The predicted octanol–water partition coefficient (Wildman–Crippen LogP) is 3.72. The molecule has 1 unspecified atom stereocenters. The normalized spacial score (nSPS) is 18.1. The second kappa shape index (κ2) is 7.97. The molecule has 2 aromatic rings. The van der Waals surface area contributed by atoms with Gasteiger partial charge in [-0.15, -0.1) is 0 Å². The van der Waals surface area contributed by atoms with E-state index in [-0.39, 0.29) is 18.5 Å². The fourth-order valence-electron chi connectivity index (χ4n) is 4.35. The molecule has 1 N–H and O–H groups in total. The van der Waals surface area contributed by atoms with Crippen molar-refractivity contribution in [3.8, 4) is 0 Å². The first-order chi connectivity index (χ1) is 13.6. The van der Waals surface area contributed by atoms with Crippen LogP contribution in [0.2, 0.25) is 0 Å². The summed E-state index contributed by atoms with van der Waals surface area (Å²) in [6.45, 7) is -0.248. The molecule has 1 aliphatic heterocycles. The largest absolute Gasteiger partial charge is 0.347 e. The maximum Gasteiger partial charge on any atom is 0.262 e. The first kappa shape index (κ1) is 18.4. The van der Waals surface area contributed by atoms with E-state index in [0.29, 0.717) is 17.0 Å². The van der Waals surface area contributed by atoms with E-state index in [1.54, 1.807) is 24.3 Å². The first-order valence-electron chi connectivity index (χ1n) is 9.94. The van der Waals surface area contributed by atoms with E-state index in [9.17, 15) is 14.4 Å². The van der Waals surface area contributed by atoms with Gasteiger partial charge in [-0.1, -0.05) is 61.7 Å². The van der Waals surface area contributed by atoms with Crippen LogP contribution in [0.3, 0.4) is 0 Å². The Bertz CT molecular complexity index is 853. The van der Waals surface area contributed by atoms with Crippen LogP contribution in [0.1, 0.15) is 64.4 Å². The highest BCUT2D eigenvalue weighted by molar-refractivity contribution is 6.22. The number of carbonyl (C=O) groups is 3. The molecule has 1 saturated carbocycles. The van der Waals surface area contributed by atoms with Gasteiger partial charge in [0.1, 0.15) is 6.54 Å². The average molecular weight is 376 g/mol. The van der Waals surface area contributed by atoms with Crippen LogP contribution < -0.4 is 5.32 Å². The average Bonchev–Trinajstić information content (AvgIpc) is 2.98. The molecule has 1 atom stereocenters. The van der Waals surface area contributed by atoms with Crippen molar-refractivity contribution in [2.45, 2.75) is 38.1 Å². The number of nitrogens with zero attached hydrogens (tertiary/aromatic N) is 1. The molecule has 0 saturated heterocycles. The summed E-state index contributed by atoms with van der Waals surface area (Å²) in [5.41, 5.74) is 1.81. The van der Waals surface area contributed by atoms with Gasteiger partial charge in [0.15, 0.2) is 0 Å². The van der Waals surface area contributed by atoms with Crippen molar-refractivity contribution in [2.75, 3.05) is 6.54 Å². The minimum Gasteiger partial charge on any atom is -0.347 e. The minimum absolute atomic E-state index is 0.0933. The van der Waals surface area contributed by atoms with Crippen molar-refractivity contribution in [3.63, 3.8) is 0 Å². The van der Waals surface area contributed by atoms with Crippen molar-refractivity contribution in [1.29, 1.82) is 0 Å². The summed E-state index contributed by atoms with van der Waals surface area (Å²) >= 11 is 0. The third-order valence-corrected chi connectivity index (χ3v) is 5.78. The molecule has 4 rings (SSSR count). The lowest BCUT2D eigenvalue weighted by atomic mass is 9.81. The lowest BCUT2D eigenvalue weighted by Crippen LogP contribution is -2.43. The monoisotopic (exact) mass is 376 g/mol. The lowest BCUT2D eigenvalue weighted by Gasteiger charge is -2.31. The van der Waals surface area contributed by atoms with E-state index in [4.69, 9.17) is 0 Å². The Kier molecular flexibility index (Phi) is 5.24. The zero-order valence-corrected chi connectivity index (χ0v) is 15.8. The minimum atomic E-state index is -0.398. The van der Waals surface area contributed by atoms with Crippen molar-refractivity contribution < 1.29 is 14.4 Å². The van der Waals surface area contributed by atoms with Gasteiger partial charge < -0.3 is 5.32 Å². The van der Waals surface area contributed by atoms with Crippen LogP contribution in [-0.4, -0.2) is 29.2 Å². The van der Waals surface area contributed by atoms with Crippen molar-refractivity contribution in [1.82, 2.24) is 10.2 Å². The molecule has 0 bridgehead atoms. The van der Waals surface area contributed by atoms with Gasteiger partial charge in [-0.05, 0) is 36.5 Å². The second-order valence-corrected chi connectivity index (χ2v) is 7.60. The number of hydrogen-bond acceptors (Lipinski definition) is 3. The molecular formula is C23H24N2O3. The number of carbonyl (C=O) groups excluding carboxylic acids is 3. The van der Waals surface area contributed by atoms with Crippen molar-refractivity contribution in [2.24, 2.45) is 5.92 Å². The standard InChI is InChI=1S/C23H24N2O3/c26-20(15-25-22(27)18-13-7-8-14-19(18)23(25)28)24-21(16-9-3-1-4-10-16)17-11-5-2-6-12-17/h1,3-4,7-10,13-14,17,21H,2,5-6,11-12,15H2,(H,24,26). The van der Waals surface area contributed by atoms with Crippen LogP contribution in [0, 0.1) is 5.92 Å². The molecule has 2 aliphatic rings. The summed E-state index contributed by atoms with van der Waals surface area (Å²) < 4.78 is 0. The molecule has 0 radical (unpaired) electrons. The molecule has 1 fully saturated rings. The Labute approximate surface area is 164 Å². The molecule has 1 heterocycles. The van der Waals surface area contributed by atoms with Gasteiger partial charge in [-0.2, -0.15) is 0 Å². The lowest BCUT2D eigenvalue weighted by molar-refractivity contribution is -0.122. The molecule has 1 aliphatic carbocycles. The van der Waals surface area contributed by atoms with Crippen LogP contribution in [0.5, 0.6) is 0 Å². The highest BCUT2D eigenvalue weighted by atomic mass is 16.2. The number of hydrogen-bond donors (Lipinski definition) is 1. The summed E-state index contributed by atoms with van der Waals surface area (Å²) in [5.74, 6) is -0.717. The first-order valence-corrected chi connectivity index (χ1v) is 9.94. The summed E-state index contributed by atoms with van der Waals surface area (Å²) in [7, 11) is 0. The van der Waals surface area contributed by atoms with Crippen LogP contribution in [0.15, 0.2) is 54.6 Å².